The van der Waals surface area contributed by atoms with Crippen LogP contribution in [0.5, 0.6) is 0 Å². The predicted molar refractivity (Wildman–Crippen MR) is 118 cm³/mol. The average Bonchev–Trinajstić information content (AvgIpc) is 3.25. The molecule has 0 spiro atoms. The summed E-state index contributed by atoms with van der Waals surface area (Å²) in [5.74, 6) is -0.764. The molecule has 1 aliphatic rings. The van der Waals surface area contributed by atoms with Gasteiger partial charge in [0.15, 0.2) is 11.6 Å². The molecule has 0 aliphatic carbocycles. The van der Waals surface area contributed by atoms with Crippen molar-refractivity contribution in [3.05, 3.63) is 72.2 Å². The van der Waals surface area contributed by atoms with Crippen molar-refractivity contribution >= 4 is 22.5 Å². The first-order valence-electron chi connectivity index (χ1n) is 10.3. The second-order valence-electron chi connectivity index (χ2n) is 7.49. The number of halogens is 2. The fourth-order valence-electron chi connectivity index (χ4n) is 3.92. The van der Waals surface area contributed by atoms with Crippen molar-refractivity contribution in [1.82, 2.24) is 20.3 Å². The van der Waals surface area contributed by atoms with Gasteiger partial charge in [0, 0.05) is 55.2 Å². The minimum Gasteiger partial charge on any atom is -0.379 e. The van der Waals surface area contributed by atoms with Crippen LogP contribution in [0.3, 0.4) is 0 Å². The molecule has 0 amide bonds. The van der Waals surface area contributed by atoms with Gasteiger partial charge >= 0.3 is 0 Å². The Hall–Kier alpha value is -3.52. The molecule has 6 nitrogen and oxygen atoms in total. The Morgan fingerprint density at radius 1 is 1.03 bits per heavy atom. The van der Waals surface area contributed by atoms with Gasteiger partial charge < -0.3 is 20.5 Å². The zero-order valence-corrected chi connectivity index (χ0v) is 16.8. The Labute approximate surface area is 178 Å². The molecular formula is C23H22F2N6. The molecule has 158 valence electrons. The number of H-pyrrole nitrogens is 1. The summed E-state index contributed by atoms with van der Waals surface area (Å²) in [5, 5.41) is 7.61. The van der Waals surface area contributed by atoms with Crippen LogP contribution < -0.4 is 15.5 Å². The summed E-state index contributed by atoms with van der Waals surface area (Å²) in [6.07, 6.45) is 3.47. The van der Waals surface area contributed by atoms with Gasteiger partial charge in [-0.15, -0.1) is 0 Å². The third-order valence-corrected chi connectivity index (χ3v) is 5.50. The molecule has 4 aromatic rings. The van der Waals surface area contributed by atoms with E-state index in [9.17, 15) is 8.78 Å². The quantitative estimate of drug-likeness (QED) is 0.457. The highest BCUT2D eigenvalue weighted by Gasteiger charge is 2.15. The number of hydrogen-bond donors (Lipinski definition) is 3. The Bertz CT molecular complexity index is 1220. The molecular weight excluding hydrogens is 398 g/mol. The largest absolute Gasteiger partial charge is 0.379 e. The minimum atomic E-state index is -0.876. The molecule has 1 saturated heterocycles. The highest BCUT2D eigenvalue weighted by molar-refractivity contribution is 6.02. The number of aromatic amines is 1. The van der Waals surface area contributed by atoms with Gasteiger partial charge in [-0.05, 0) is 35.9 Å². The van der Waals surface area contributed by atoms with Gasteiger partial charge in [-0.2, -0.15) is 0 Å². The van der Waals surface area contributed by atoms with E-state index in [0.717, 1.165) is 60.4 Å². The lowest BCUT2D eigenvalue weighted by molar-refractivity contribution is 0.509. The predicted octanol–water partition coefficient (Wildman–Crippen LogP) is 3.92. The number of rotatable bonds is 5. The van der Waals surface area contributed by atoms with Crippen LogP contribution in [0.4, 0.5) is 20.3 Å². The number of nitrogens with zero attached hydrogens (tertiary/aromatic N) is 3. The first-order chi connectivity index (χ1) is 15.2. The van der Waals surface area contributed by atoms with E-state index in [1.54, 1.807) is 18.5 Å². The smallest absolute Gasteiger partial charge is 0.159 e. The topological polar surface area (TPSA) is 68.9 Å². The molecule has 3 aromatic heterocycles. The lowest BCUT2D eigenvalue weighted by atomic mass is 10.0. The maximum absolute atomic E-state index is 13.8. The van der Waals surface area contributed by atoms with Crippen LogP contribution in [0, 0.1) is 11.6 Å². The van der Waals surface area contributed by atoms with Crippen molar-refractivity contribution in [3.8, 4) is 11.1 Å². The SMILES string of the molecule is Fc1ccc(-c2c[nH]c3nccc(NCc4cccc(N5CCNCC5)n4)c23)cc1F. The first kappa shape index (κ1) is 19.4. The summed E-state index contributed by atoms with van der Waals surface area (Å²) < 4.78 is 27.2. The van der Waals surface area contributed by atoms with E-state index in [4.69, 9.17) is 4.98 Å². The van der Waals surface area contributed by atoms with E-state index in [2.05, 4.69) is 25.5 Å². The zero-order valence-electron chi connectivity index (χ0n) is 16.8. The molecule has 31 heavy (non-hydrogen) atoms. The van der Waals surface area contributed by atoms with Crippen molar-refractivity contribution in [3.63, 3.8) is 0 Å². The van der Waals surface area contributed by atoms with Gasteiger partial charge in [0.2, 0.25) is 0 Å². The molecule has 0 saturated carbocycles. The lowest BCUT2D eigenvalue weighted by Gasteiger charge is -2.28. The third-order valence-electron chi connectivity index (χ3n) is 5.50. The van der Waals surface area contributed by atoms with Crippen molar-refractivity contribution < 1.29 is 8.78 Å². The second-order valence-corrected chi connectivity index (χ2v) is 7.49. The van der Waals surface area contributed by atoms with Crippen LogP contribution in [-0.4, -0.2) is 41.1 Å². The summed E-state index contributed by atoms with van der Waals surface area (Å²) in [5.41, 5.74) is 3.78. The second kappa shape index (κ2) is 8.31. The Balaban J connectivity index is 1.42. The molecule has 0 atom stereocenters. The first-order valence-corrected chi connectivity index (χ1v) is 10.3. The van der Waals surface area contributed by atoms with Crippen LogP contribution in [0.1, 0.15) is 5.69 Å². The normalized spacial score (nSPS) is 14.2. The standard InChI is InChI=1S/C23H22F2N6/c24-18-5-4-15(12-19(18)25)17-14-29-23-22(17)20(6-7-27-23)28-13-16-2-1-3-21(30-16)31-10-8-26-9-11-31/h1-7,12,14,26H,8-11,13H2,(H2,27,28,29). The van der Waals surface area contributed by atoms with Crippen LogP contribution in [-0.2, 0) is 6.54 Å². The monoisotopic (exact) mass is 420 g/mol. The van der Waals surface area contributed by atoms with E-state index in [-0.39, 0.29) is 0 Å². The molecule has 8 heteroatoms. The molecule has 0 unspecified atom stereocenters. The summed E-state index contributed by atoms with van der Waals surface area (Å²) in [4.78, 5) is 14.6. The molecule has 1 aliphatic heterocycles. The minimum absolute atomic E-state index is 0.529. The number of anilines is 2. The third kappa shape index (κ3) is 3.94. The number of benzene rings is 1. The zero-order chi connectivity index (χ0) is 21.2. The molecule has 0 radical (unpaired) electrons. The Kier molecular flexibility index (Phi) is 5.21. The van der Waals surface area contributed by atoms with Crippen molar-refractivity contribution in [2.45, 2.75) is 6.54 Å². The summed E-state index contributed by atoms with van der Waals surface area (Å²) in [6.45, 7) is 4.33. The van der Waals surface area contributed by atoms with E-state index in [0.29, 0.717) is 17.8 Å². The summed E-state index contributed by atoms with van der Waals surface area (Å²) >= 11 is 0. The Morgan fingerprint density at radius 3 is 2.74 bits per heavy atom. The fourth-order valence-corrected chi connectivity index (χ4v) is 3.92. The average molecular weight is 420 g/mol. The fraction of sp³-hybridized carbons (Fsp3) is 0.217. The lowest BCUT2D eigenvalue weighted by Crippen LogP contribution is -2.43. The van der Waals surface area contributed by atoms with Crippen LogP contribution in [0.2, 0.25) is 0 Å². The molecule has 1 aromatic carbocycles. The number of fused-ring (bicyclic) bond motifs is 1. The molecule has 0 bridgehead atoms. The molecule has 3 N–H and O–H groups in total. The number of nitrogens with one attached hydrogen (secondary N) is 3. The summed E-state index contributed by atoms with van der Waals surface area (Å²) in [6, 6.07) is 11.8. The highest BCUT2D eigenvalue weighted by atomic mass is 19.2. The van der Waals surface area contributed by atoms with Crippen molar-refractivity contribution in [1.29, 1.82) is 0 Å². The maximum Gasteiger partial charge on any atom is 0.159 e. The molecule has 4 heterocycles. The van der Waals surface area contributed by atoms with Gasteiger partial charge in [0.25, 0.3) is 0 Å². The number of aromatic nitrogens is 3. The Morgan fingerprint density at radius 2 is 1.90 bits per heavy atom. The summed E-state index contributed by atoms with van der Waals surface area (Å²) in [7, 11) is 0. The van der Waals surface area contributed by atoms with E-state index < -0.39 is 11.6 Å². The van der Waals surface area contributed by atoms with Gasteiger partial charge in [-0.1, -0.05) is 12.1 Å². The van der Waals surface area contributed by atoms with Crippen molar-refractivity contribution in [2.24, 2.45) is 0 Å². The van der Waals surface area contributed by atoms with Gasteiger partial charge in [-0.25, -0.2) is 18.7 Å². The molecule has 1 fully saturated rings. The van der Waals surface area contributed by atoms with Crippen LogP contribution in [0.25, 0.3) is 22.2 Å². The van der Waals surface area contributed by atoms with E-state index in [1.165, 1.54) is 6.07 Å². The highest BCUT2D eigenvalue weighted by Crippen LogP contribution is 2.33. The van der Waals surface area contributed by atoms with Crippen molar-refractivity contribution in [2.75, 3.05) is 36.4 Å². The van der Waals surface area contributed by atoms with Crippen LogP contribution >= 0.6 is 0 Å². The van der Waals surface area contributed by atoms with E-state index >= 15 is 0 Å². The number of hydrogen-bond acceptors (Lipinski definition) is 5. The number of piperazine rings is 1. The number of pyridine rings is 2. The molecule has 5 rings (SSSR count). The van der Waals surface area contributed by atoms with Gasteiger partial charge in [-0.3, -0.25) is 0 Å². The maximum atomic E-state index is 13.8. The van der Waals surface area contributed by atoms with Crippen LogP contribution in [0.15, 0.2) is 54.9 Å². The van der Waals surface area contributed by atoms with Gasteiger partial charge in [0.1, 0.15) is 11.5 Å². The van der Waals surface area contributed by atoms with Gasteiger partial charge in [0.05, 0.1) is 12.2 Å². The van der Waals surface area contributed by atoms with E-state index in [1.807, 2.05) is 24.3 Å².